The highest BCUT2D eigenvalue weighted by molar-refractivity contribution is 5.86. The summed E-state index contributed by atoms with van der Waals surface area (Å²) in [6, 6.07) is 0.530. The number of hydrogen-bond donors (Lipinski definition) is 0. The van der Waals surface area contributed by atoms with Crippen LogP contribution in [0.15, 0.2) is 12.2 Å². The molecule has 15 heavy (non-hydrogen) atoms. The summed E-state index contributed by atoms with van der Waals surface area (Å²) < 4.78 is 5.99. The first kappa shape index (κ1) is 14.2. The topological polar surface area (TPSA) is 26.3 Å². The van der Waals surface area contributed by atoms with Gasteiger partial charge in [0.2, 0.25) is 0 Å². The number of hydrogen-bond acceptors (Lipinski definition) is 2. The molecule has 0 N–H and O–H groups in total. The third-order valence-electron chi connectivity index (χ3n) is 2.60. The first-order valence-corrected chi connectivity index (χ1v) is 5.42. The minimum atomic E-state index is -0.286. The van der Waals surface area contributed by atoms with Crippen LogP contribution >= 0.6 is 0 Å². The van der Waals surface area contributed by atoms with E-state index in [1.807, 2.05) is 0 Å². The third-order valence-corrected chi connectivity index (χ3v) is 2.60. The second-order valence-electron chi connectivity index (χ2n) is 4.88. The minimum absolute atomic E-state index is 0.286. The van der Waals surface area contributed by atoms with Crippen molar-refractivity contribution in [2.75, 3.05) is 27.7 Å². The van der Waals surface area contributed by atoms with Gasteiger partial charge in [-0.15, -0.1) is 0 Å². The maximum Gasteiger partial charge on any atom is 0.333 e. The van der Waals surface area contributed by atoms with E-state index in [4.69, 9.17) is 4.74 Å². The number of quaternary nitrogens is 1. The van der Waals surface area contributed by atoms with Crippen LogP contribution in [0.3, 0.4) is 0 Å². The van der Waals surface area contributed by atoms with Crippen molar-refractivity contribution in [3.05, 3.63) is 12.2 Å². The molecule has 0 aliphatic rings. The predicted octanol–water partition coefficient (Wildman–Crippen LogP) is 1.98. The average molecular weight is 214 g/mol. The summed E-state index contributed by atoms with van der Waals surface area (Å²) in [7, 11) is 6.48. The Bertz CT molecular complexity index is 228. The molecule has 0 aromatic carbocycles. The Hall–Kier alpha value is -0.830. The van der Waals surface area contributed by atoms with Crippen LogP contribution in [0.5, 0.6) is 0 Å². The van der Waals surface area contributed by atoms with Crippen molar-refractivity contribution in [1.82, 2.24) is 0 Å². The molecular formula is C12H24NO2+. The molecule has 0 amide bonds. The molecule has 0 radical (unpaired) electrons. The molecule has 1 unspecified atom stereocenters. The highest BCUT2D eigenvalue weighted by atomic mass is 16.5. The van der Waals surface area contributed by atoms with E-state index in [0.717, 1.165) is 17.3 Å². The van der Waals surface area contributed by atoms with Gasteiger partial charge in [-0.05, 0) is 13.3 Å². The second kappa shape index (κ2) is 5.91. The number of esters is 1. The van der Waals surface area contributed by atoms with Crippen LogP contribution in [0.25, 0.3) is 0 Å². The summed E-state index contributed by atoms with van der Waals surface area (Å²) in [6.07, 6.45) is 1.99. The van der Waals surface area contributed by atoms with Gasteiger partial charge in [-0.25, -0.2) is 4.79 Å². The Balaban J connectivity index is 3.94. The van der Waals surface area contributed by atoms with Crippen LogP contribution in [0.4, 0.5) is 0 Å². The summed E-state index contributed by atoms with van der Waals surface area (Å²) in [5.74, 6) is -0.286. The van der Waals surface area contributed by atoms with Crippen LogP contribution in [0, 0.1) is 0 Å². The zero-order valence-electron chi connectivity index (χ0n) is 10.7. The van der Waals surface area contributed by atoms with Crippen molar-refractivity contribution >= 4 is 5.97 Å². The van der Waals surface area contributed by atoms with Crippen molar-refractivity contribution in [1.29, 1.82) is 0 Å². The molecule has 0 spiro atoms. The van der Waals surface area contributed by atoms with E-state index < -0.39 is 0 Å². The van der Waals surface area contributed by atoms with Gasteiger partial charge in [-0.1, -0.05) is 13.5 Å². The fourth-order valence-corrected chi connectivity index (χ4v) is 1.55. The van der Waals surface area contributed by atoms with E-state index in [-0.39, 0.29) is 5.97 Å². The fraction of sp³-hybridized carbons (Fsp3) is 0.750. The minimum Gasteiger partial charge on any atom is -0.462 e. The van der Waals surface area contributed by atoms with Gasteiger partial charge in [0.15, 0.2) is 0 Å². The van der Waals surface area contributed by atoms with Crippen molar-refractivity contribution in [2.45, 2.75) is 32.7 Å². The molecule has 0 heterocycles. The van der Waals surface area contributed by atoms with Gasteiger partial charge in [-0.2, -0.15) is 0 Å². The molecule has 3 nitrogen and oxygen atoms in total. The van der Waals surface area contributed by atoms with Gasteiger partial charge in [-0.3, -0.25) is 0 Å². The lowest BCUT2D eigenvalue weighted by molar-refractivity contribution is -0.896. The lowest BCUT2D eigenvalue weighted by Gasteiger charge is -2.33. The van der Waals surface area contributed by atoms with E-state index >= 15 is 0 Å². The zero-order valence-corrected chi connectivity index (χ0v) is 10.7. The highest BCUT2D eigenvalue weighted by Crippen LogP contribution is 2.11. The molecule has 0 fully saturated rings. The summed E-state index contributed by atoms with van der Waals surface area (Å²) in [5, 5.41) is 0. The molecule has 0 bridgehead atoms. The first-order valence-electron chi connectivity index (χ1n) is 5.42. The van der Waals surface area contributed by atoms with Crippen LogP contribution < -0.4 is 0 Å². The number of nitrogens with zero attached hydrogens (tertiary/aromatic N) is 1. The Morgan fingerprint density at radius 2 is 1.93 bits per heavy atom. The standard InChI is InChI=1S/C12H24NO2/c1-7-11(13(4,5)6)8-9-15-12(14)10(2)3/h11H,2,7-9H2,1,3-6H3/q+1. The lowest BCUT2D eigenvalue weighted by Crippen LogP contribution is -2.45. The molecular weight excluding hydrogens is 190 g/mol. The van der Waals surface area contributed by atoms with Crippen molar-refractivity contribution in [2.24, 2.45) is 0 Å². The maximum atomic E-state index is 11.1. The molecule has 1 atom stereocenters. The molecule has 0 saturated heterocycles. The van der Waals surface area contributed by atoms with Crippen LogP contribution in [0.1, 0.15) is 26.7 Å². The summed E-state index contributed by atoms with van der Waals surface area (Å²) >= 11 is 0. The Labute approximate surface area is 93.3 Å². The molecule has 88 valence electrons. The number of carbonyl (C=O) groups excluding carboxylic acids is 1. The summed E-state index contributed by atoms with van der Waals surface area (Å²) in [6.45, 7) is 7.86. The van der Waals surface area contributed by atoms with E-state index in [9.17, 15) is 4.79 Å². The van der Waals surface area contributed by atoms with Gasteiger partial charge in [0, 0.05) is 12.0 Å². The predicted molar refractivity (Wildman–Crippen MR) is 62.5 cm³/mol. The average Bonchev–Trinajstić information content (AvgIpc) is 2.09. The Kier molecular flexibility index (Phi) is 5.58. The molecule has 0 saturated carbocycles. The van der Waals surface area contributed by atoms with Crippen LogP contribution in [-0.2, 0) is 9.53 Å². The van der Waals surface area contributed by atoms with E-state index in [2.05, 4.69) is 34.6 Å². The number of rotatable bonds is 6. The SMILES string of the molecule is C=C(C)C(=O)OCCC(CC)[N+](C)(C)C. The van der Waals surface area contributed by atoms with Gasteiger partial charge in [0.05, 0.1) is 33.8 Å². The van der Waals surface area contributed by atoms with Gasteiger partial charge in [0.25, 0.3) is 0 Å². The Morgan fingerprint density at radius 1 is 1.40 bits per heavy atom. The van der Waals surface area contributed by atoms with Crippen LogP contribution in [-0.4, -0.2) is 44.2 Å². The quantitative estimate of drug-likeness (QED) is 0.384. The van der Waals surface area contributed by atoms with E-state index in [1.165, 1.54) is 0 Å². The lowest BCUT2D eigenvalue weighted by atomic mass is 10.1. The molecule has 0 rings (SSSR count). The van der Waals surface area contributed by atoms with Gasteiger partial charge in [0.1, 0.15) is 0 Å². The summed E-state index contributed by atoms with van der Waals surface area (Å²) in [4.78, 5) is 11.1. The third kappa shape index (κ3) is 5.57. The smallest absolute Gasteiger partial charge is 0.333 e. The molecule has 0 aromatic heterocycles. The second-order valence-corrected chi connectivity index (χ2v) is 4.88. The first-order chi connectivity index (χ1) is 6.79. The number of carbonyl (C=O) groups is 1. The molecule has 0 aliphatic heterocycles. The normalized spacial score (nSPS) is 13.4. The zero-order chi connectivity index (χ0) is 12.1. The number of ether oxygens (including phenoxy) is 1. The van der Waals surface area contributed by atoms with E-state index in [1.54, 1.807) is 6.92 Å². The molecule has 3 heteroatoms. The van der Waals surface area contributed by atoms with Crippen molar-refractivity contribution in [3.63, 3.8) is 0 Å². The van der Waals surface area contributed by atoms with Crippen molar-refractivity contribution in [3.8, 4) is 0 Å². The summed E-state index contributed by atoms with van der Waals surface area (Å²) in [5.41, 5.74) is 0.466. The van der Waals surface area contributed by atoms with Crippen molar-refractivity contribution < 1.29 is 14.0 Å². The maximum absolute atomic E-state index is 11.1. The van der Waals surface area contributed by atoms with Gasteiger partial charge >= 0.3 is 5.97 Å². The highest BCUT2D eigenvalue weighted by Gasteiger charge is 2.21. The Morgan fingerprint density at radius 3 is 2.27 bits per heavy atom. The molecule has 0 aliphatic carbocycles. The largest absolute Gasteiger partial charge is 0.462 e. The monoisotopic (exact) mass is 214 g/mol. The molecule has 0 aromatic rings. The van der Waals surface area contributed by atoms with Gasteiger partial charge < -0.3 is 9.22 Å². The van der Waals surface area contributed by atoms with Crippen LogP contribution in [0.2, 0.25) is 0 Å². The fourth-order valence-electron chi connectivity index (χ4n) is 1.55. The van der Waals surface area contributed by atoms with E-state index in [0.29, 0.717) is 18.2 Å².